The molecule has 23 heavy (non-hydrogen) atoms. The van der Waals surface area contributed by atoms with Gasteiger partial charge in [0, 0.05) is 19.6 Å². The number of nitrogens with zero attached hydrogens (tertiary/aromatic N) is 4. The van der Waals surface area contributed by atoms with Gasteiger partial charge >= 0.3 is 0 Å². The second-order valence-electron chi connectivity index (χ2n) is 6.17. The summed E-state index contributed by atoms with van der Waals surface area (Å²) >= 11 is 0. The van der Waals surface area contributed by atoms with Crippen LogP contribution in [-0.2, 0) is 22.3 Å². The molecule has 3 rings (SSSR count). The van der Waals surface area contributed by atoms with Gasteiger partial charge in [-0.05, 0) is 36.8 Å². The minimum Gasteiger partial charge on any atom is -0.253 e. The maximum Gasteiger partial charge on any atom is 0.218 e. The van der Waals surface area contributed by atoms with Crippen LogP contribution in [0.5, 0.6) is 0 Å². The Balaban J connectivity index is 1.68. The molecule has 0 unspecified atom stereocenters. The fourth-order valence-electron chi connectivity index (χ4n) is 3.08. The predicted molar refractivity (Wildman–Crippen MR) is 88.1 cm³/mol. The standard InChI is InChI=1S/C16H22N4O2S/c1-14-5-2-3-7-16(14)11-23(21,22)20-8-4-6-15(10-20)9-19-13-17-12-18-19/h2-3,5,7,12-13,15H,4,6,8-11H2,1H3/t15-/m0/s1. The molecule has 0 N–H and O–H groups in total. The average molecular weight is 334 g/mol. The van der Waals surface area contributed by atoms with Crippen molar-refractivity contribution in [3.63, 3.8) is 0 Å². The lowest BCUT2D eigenvalue weighted by Crippen LogP contribution is -2.41. The smallest absolute Gasteiger partial charge is 0.218 e. The molecule has 2 heterocycles. The van der Waals surface area contributed by atoms with Crippen molar-refractivity contribution in [1.82, 2.24) is 19.1 Å². The minimum absolute atomic E-state index is 0.0791. The molecule has 1 saturated heterocycles. The Bertz CT molecular complexity index is 743. The molecule has 1 atom stereocenters. The molecule has 1 aliphatic heterocycles. The first-order chi connectivity index (χ1) is 11.0. The Hall–Kier alpha value is -1.73. The molecule has 2 aromatic rings. The normalized spacial score (nSPS) is 19.8. The first-order valence-corrected chi connectivity index (χ1v) is 9.50. The van der Waals surface area contributed by atoms with Gasteiger partial charge in [0.1, 0.15) is 12.7 Å². The van der Waals surface area contributed by atoms with Gasteiger partial charge in [0.25, 0.3) is 0 Å². The zero-order valence-corrected chi connectivity index (χ0v) is 14.1. The van der Waals surface area contributed by atoms with Crippen LogP contribution < -0.4 is 0 Å². The van der Waals surface area contributed by atoms with Gasteiger partial charge in [-0.2, -0.15) is 5.10 Å². The van der Waals surface area contributed by atoms with Crippen molar-refractivity contribution < 1.29 is 8.42 Å². The SMILES string of the molecule is Cc1ccccc1CS(=O)(=O)N1CCC[C@@H](Cn2cncn2)C1. The van der Waals surface area contributed by atoms with E-state index in [1.165, 1.54) is 6.33 Å². The number of rotatable bonds is 5. The number of piperidine rings is 1. The lowest BCUT2D eigenvalue weighted by Gasteiger charge is -2.32. The van der Waals surface area contributed by atoms with Gasteiger partial charge in [0.2, 0.25) is 10.0 Å². The van der Waals surface area contributed by atoms with E-state index < -0.39 is 10.0 Å². The van der Waals surface area contributed by atoms with Crippen molar-refractivity contribution in [2.24, 2.45) is 5.92 Å². The van der Waals surface area contributed by atoms with Crippen LogP contribution in [0.3, 0.4) is 0 Å². The lowest BCUT2D eigenvalue weighted by molar-refractivity contribution is 0.239. The van der Waals surface area contributed by atoms with Crippen LogP contribution in [0.25, 0.3) is 0 Å². The van der Waals surface area contributed by atoms with Crippen LogP contribution in [0.1, 0.15) is 24.0 Å². The zero-order chi connectivity index (χ0) is 16.3. The first-order valence-electron chi connectivity index (χ1n) is 7.89. The van der Waals surface area contributed by atoms with Crippen LogP contribution >= 0.6 is 0 Å². The van der Waals surface area contributed by atoms with Crippen LogP contribution in [0.4, 0.5) is 0 Å². The molecule has 124 valence electrons. The maximum atomic E-state index is 12.7. The molecule has 0 saturated carbocycles. The average Bonchev–Trinajstić information content (AvgIpc) is 3.03. The molecule has 1 aromatic carbocycles. The van der Waals surface area contributed by atoms with E-state index in [-0.39, 0.29) is 11.7 Å². The molecule has 7 heteroatoms. The molecule has 0 radical (unpaired) electrons. The Morgan fingerprint density at radius 3 is 2.87 bits per heavy atom. The highest BCUT2D eigenvalue weighted by atomic mass is 32.2. The van der Waals surface area contributed by atoms with Crippen LogP contribution in [-0.4, -0.2) is 40.6 Å². The lowest BCUT2D eigenvalue weighted by atomic mass is 10.00. The Labute approximate surface area is 137 Å². The summed E-state index contributed by atoms with van der Waals surface area (Å²) < 4.78 is 28.9. The summed E-state index contributed by atoms with van der Waals surface area (Å²) in [6.07, 6.45) is 5.11. The molecule has 0 spiro atoms. The minimum atomic E-state index is -3.28. The maximum absolute atomic E-state index is 12.7. The number of sulfonamides is 1. The number of hydrogen-bond donors (Lipinski definition) is 0. The van der Waals surface area contributed by atoms with Gasteiger partial charge in [-0.1, -0.05) is 24.3 Å². The molecule has 0 amide bonds. The highest BCUT2D eigenvalue weighted by Crippen LogP contribution is 2.23. The molecule has 0 bridgehead atoms. The summed E-state index contributed by atoms with van der Waals surface area (Å²) in [4.78, 5) is 3.94. The predicted octanol–water partition coefficient (Wildman–Crippen LogP) is 1.83. The van der Waals surface area contributed by atoms with Crippen LogP contribution in [0, 0.1) is 12.8 Å². The number of aryl methyl sites for hydroxylation is 1. The van der Waals surface area contributed by atoms with Gasteiger partial charge < -0.3 is 0 Å². The van der Waals surface area contributed by atoms with Crippen molar-refractivity contribution in [2.45, 2.75) is 32.1 Å². The van der Waals surface area contributed by atoms with E-state index in [9.17, 15) is 8.42 Å². The van der Waals surface area contributed by atoms with Crippen molar-refractivity contribution in [2.75, 3.05) is 13.1 Å². The zero-order valence-electron chi connectivity index (χ0n) is 13.3. The van der Waals surface area contributed by atoms with Crippen molar-refractivity contribution >= 4 is 10.0 Å². The van der Waals surface area contributed by atoms with Crippen molar-refractivity contribution in [1.29, 1.82) is 0 Å². The molecular formula is C16H22N4O2S. The van der Waals surface area contributed by atoms with Gasteiger partial charge in [-0.15, -0.1) is 0 Å². The summed E-state index contributed by atoms with van der Waals surface area (Å²) in [5.41, 5.74) is 1.90. The van der Waals surface area contributed by atoms with Gasteiger partial charge in [0.05, 0.1) is 5.75 Å². The molecule has 1 fully saturated rings. The molecule has 0 aliphatic carbocycles. The number of benzene rings is 1. The summed E-state index contributed by atoms with van der Waals surface area (Å²) in [7, 11) is -3.28. The third kappa shape index (κ3) is 3.97. The van der Waals surface area contributed by atoms with Crippen molar-refractivity contribution in [3.8, 4) is 0 Å². The number of aromatic nitrogens is 3. The molecule has 6 nitrogen and oxygen atoms in total. The number of hydrogen-bond acceptors (Lipinski definition) is 4. The molecule has 1 aliphatic rings. The van der Waals surface area contributed by atoms with Gasteiger partial charge in [-0.25, -0.2) is 17.7 Å². The summed E-state index contributed by atoms with van der Waals surface area (Å²) in [5.74, 6) is 0.368. The van der Waals surface area contributed by atoms with Crippen LogP contribution in [0.15, 0.2) is 36.9 Å². The van der Waals surface area contributed by atoms with Gasteiger partial charge in [-0.3, -0.25) is 4.68 Å². The van der Waals surface area contributed by atoms with E-state index >= 15 is 0 Å². The van der Waals surface area contributed by atoms with E-state index in [1.807, 2.05) is 31.2 Å². The van der Waals surface area contributed by atoms with Crippen LogP contribution in [0.2, 0.25) is 0 Å². The van der Waals surface area contributed by atoms with E-state index in [1.54, 1.807) is 15.3 Å². The fourth-order valence-corrected chi connectivity index (χ4v) is 4.82. The second-order valence-corrected chi connectivity index (χ2v) is 8.14. The quantitative estimate of drug-likeness (QED) is 0.836. The van der Waals surface area contributed by atoms with E-state index in [2.05, 4.69) is 10.1 Å². The fraction of sp³-hybridized carbons (Fsp3) is 0.500. The summed E-state index contributed by atoms with van der Waals surface area (Å²) in [6.45, 7) is 3.85. The Morgan fingerprint density at radius 2 is 2.13 bits per heavy atom. The summed E-state index contributed by atoms with van der Waals surface area (Å²) in [6, 6.07) is 7.67. The van der Waals surface area contributed by atoms with Gasteiger partial charge in [0.15, 0.2) is 0 Å². The highest BCUT2D eigenvalue weighted by Gasteiger charge is 2.29. The third-order valence-corrected chi connectivity index (χ3v) is 6.18. The largest absolute Gasteiger partial charge is 0.253 e. The van der Waals surface area contributed by atoms with Crippen molar-refractivity contribution in [3.05, 3.63) is 48.0 Å². The molecular weight excluding hydrogens is 312 g/mol. The van der Waals surface area contributed by atoms with E-state index in [0.29, 0.717) is 13.1 Å². The Morgan fingerprint density at radius 1 is 1.30 bits per heavy atom. The summed E-state index contributed by atoms with van der Waals surface area (Å²) in [5, 5.41) is 4.11. The second kappa shape index (κ2) is 6.80. The monoisotopic (exact) mass is 334 g/mol. The van der Waals surface area contributed by atoms with E-state index in [4.69, 9.17) is 0 Å². The first kappa shape index (κ1) is 16.1. The molecule has 1 aromatic heterocycles. The van der Waals surface area contributed by atoms with E-state index in [0.717, 1.165) is 30.5 Å². The Kier molecular flexibility index (Phi) is 4.77. The topological polar surface area (TPSA) is 68.1 Å². The highest BCUT2D eigenvalue weighted by molar-refractivity contribution is 7.88. The third-order valence-electron chi connectivity index (χ3n) is 4.39.